The van der Waals surface area contributed by atoms with Crippen LogP contribution in [0.5, 0.6) is 0 Å². The number of amides is 4. The van der Waals surface area contributed by atoms with Gasteiger partial charge in [0.05, 0.1) is 12.1 Å². The zero-order chi connectivity index (χ0) is 20.4. The summed E-state index contributed by atoms with van der Waals surface area (Å²) in [5, 5.41) is 2.85. The Labute approximate surface area is 167 Å². The summed E-state index contributed by atoms with van der Waals surface area (Å²) in [5.74, 6) is 1.91. The highest BCUT2D eigenvalue weighted by atomic mass is 16.2. The highest BCUT2D eigenvalue weighted by Crippen LogP contribution is 2.30. The Kier molecular flexibility index (Phi) is 4.72. The molecule has 2 saturated heterocycles. The lowest BCUT2D eigenvalue weighted by molar-refractivity contribution is -0.133. The van der Waals surface area contributed by atoms with Crippen LogP contribution in [0.15, 0.2) is 42.7 Å². The number of piperidine rings is 1. The van der Waals surface area contributed by atoms with Crippen LogP contribution in [0.1, 0.15) is 34.6 Å². The van der Waals surface area contributed by atoms with Crippen molar-refractivity contribution < 1.29 is 14.4 Å². The second kappa shape index (κ2) is 7.36. The summed E-state index contributed by atoms with van der Waals surface area (Å²) in [6, 6.07) is 8.97. The highest BCUT2D eigenvalue weighted by Gasteiger charge is 2.52. The van der Waals surface area contributed by atoms with Crippen molar-refractivity contribution in [1.29, 1.82) is 0 Å². The van der Waals surface area contributed by atoms with Crippen LogP contribution in [0.25, 0.3) is 0 Å². The molecule has 2 aromatic rings. The van der Waals surface area contributed by atoms with Gasteiger partial charge in [0.2, 0.25) is 5.82 Å². The first-order valence-electron chi connectivity index (χ1n) is 9.28. The van der Waals surface area contributed by atoms with Gasteiger partial charge >= 0.3 is 6.03 Å². The molecule has 0 atom stereocenters. The maximum atomic E-state index is 13.0. The third-order valence-corrected chi connectivity index (χ3v) is 5.34. The number of terminal acetylenes is 1. The summed E-state index contributed by atoms with van der Waals surface area (Å²) in [5.41, 5.74) is 0.418. The van der Waals surface area contributed by atoms with Crippen LogP contribution in [-0.2, 0) is 11.3 Å². The fourth-order valence-electron chi connectivity index (χ4n) is 3.67. The predicted molar refractivity (Wildman–Crippen MR) is 103 cm³/mol. The van der Waals surface area contributed by atoms with Gasteiger partial charge < -0.3 is 10.2 Å². The first-order valence-corrected chi connectivity index (χ1v) is 9.28. The van der Waals surface area contributed by atoms with Crippen molar-refractivity contribution >= 4 is 17.8 Å². The first kappa shape index (κ1) is 18.6. The molecule has 8 nitrogen and oxygen atoms in total. The molecule has 4 rings (SSSR count). The van der Waals surface area contributed by atoms with Crippen LogP contribution < -0.4 is 5.32 Å². The molecule has 2 aliphatic heterocycles. The van der Waals surface area contributed by atoms with E-state index in [1.807, 2.05) is 30.3 Å². The number of aromatic nitrogens is 2. The molecule has 2 fully saturated rings. The molecule has 8 heteroatoms. The van der Waals surface area contributed by atoms with Crippen molar-refractivity contribution in [2.24, 2.45) is 0 Å². The summed E-state index contributed by atoms with van der Waals surface area (Å²) in [4.78, 5) is 48.9. The van der Waals surface area contributed by atoms with Crippen LogP contribution in [0.2, 0.25) is 0 Å². The van der Waals surface area contributed by atoms with E-state index in [0.29, 0.717) is 31.5 Å². The molecule has 3 heterocycles. The van der Waals surface area contributed by atoms with E-state index in [0.717, 1.165) is 5.56 Å². The molecule has 1 spiro atoms. The average molecular weight is 389 g/mol. The van der Waals surface area contributed by atoms with E-state index in [-0.39, 0.29) is 24.2 Å². The van der Waals surface area contributed by atoms with Crippen LogP contribution in [0.4, 0.5) is 4.79 Å². The molecule has 1 N–H and O–H groups in total. The van der Waals surface area contributed by atoms with E-state index in [1.54, 1.807) is 4.90 Å². The number of nitrogens with one attached hydrogen (secondary N) is 1. The van der Waals surface area contributed by atoms with Gasteiger partial charge in [0, 0.05) is 25.5 Å². The Morgan fingerprint density at radius 3 is 2.41 bits per heavy atom. The zero-order valence-corrected chi connectivity index (χ0v) is 15.7. The second-order valence-corrected chi connectivity index (χ2v) is 7.12. The summed E-state index contributed by atoms with van der Waals surface area (Å²) in [7, 11) is 0. The summed E-state index contributed by atoms with van der Waals surface area (Å²) in [6.07, 6.45) is 8.81. The second-order valence-electron chi connectivity index (χ2n) is 7.12. The number of carbonyl (C=O) groups excluding carboxylic acids is 3. The quantitative estimate of drug-likeness (QED) is 0.628. The fraction of sp³-hybridized carbons (Fsp3) is 0.286. The molecule has 1 aromatic carbocycles. The molecule has 146 valence electrons. The SMILES string of the molecule is C#Cc1cnc(C(=O)N2CCC3(CC2)NC(=O)N(Cc2ccccc2)C3=O)nc1. The zero-order valence-electron chi connectivity index (χ0n) is 15.7. The monoisotopic (exact) mass is 389 g/mol. The van der Waals surface area contributed by atoms with Crippen LogP contribution in [0.3, 0.4) is 0 Å². The van der Waals surface area contributed by atoms with Crippen molar-refractivity contribution in [2.45, 2.75) is 24.9 Å². The summed E-state index contributed by atoms with van der Waals surface area (Å²) < 4.78 is 0. The van der Waals surface area contributed by atoms with Gasteiger partial charge in [0.15, 0.2) is 0 Å². The number of nitrogens with zero attached hydrogens (tertiary/aromatic N) is 4. The molecule has 0 radical (unpaired) electrons. The molecular weight excluding hydrogens is 370 g/mol. The standard InChI is InChI=1S/C21H19N5O3/c1-2-15-12-22-17(23-13-15)18(27)25-10-8-21(9-11-25)19(28)26(20(29)24-21)14-16-6-4-3-5-7-16/h1,3-7,12-13H,8-11,14H2,(H,24,29). The molecule has 0 saturated carbocycles. The van der Waals surface area contributed by atoms with Crippen LogP contribution in [0, 0.1) is 12.3 Å². The van der Waals surface area contributed by atoms with E-state index >= 15 is 0 Å². The van der Waals surface area contributed by atoms with Gasteiger partial charge in [-0.15, -0.1) is 6.42 Å². The summed E-state index contributed by atoms with van der Waals surface area (Å²) in [6.45, 7) is 0.875. The van der Waals surface area contributed by atoms with Gasteiger partial charge in [-0.25, -0.2) is 14.8 Å². The van der Waals surface area contributed by atoms with E-state index in [1.165, 1.54) is 17.3 Å². The maximum absolute atomic E-state index is 13.0. The molecule has 1 aromatic heterocycles. The molecular formula is C21H19N5O3. The lowest BCUT2D eigenvalue weighted by Crippen LogP contribution is -2.56. The molecule has 0 aliphatic carbocycles. The predicted octanol–water partition coefficient (Wildman–Crippen LogP) is 1.18. The lowest BCUT2D eigenvalue weighted by Gasteiger charge is -2.37. The van der Waals surface area contributed by atoms with Gasteiger partial charge in [-0.3, -0.25) is 14.5 Å². The van der Waals surface area contributed by atoms with Crippen molar-refractivity contribution in [3.8, 4) is 12.3 Å². The number of imide groups is 1. The first-order chi connectivity index (χ1) is 14.0. The number of hydrogen-bond donors (Lipinski definition) is 1. The van der Waals surface area contributed by atoms with Gasteiger partial charge in [-0.05, 0) is 18.4 Å². The van der Waals surface area contributed by atoms with E-state index in [9.17, 15) is 14.4 Å². The minimum atomic E-state index is -0.961. The van der Waals surface area contributed by atoms with Crippen molar-refractivity contribution in [3.63, 3.8) is 0 Å². The molecule has 4 amide bonds. The average Bonchev–Trinajstić information content (AvgIpc) is 2.98. The van der Waals surface area contributed by atoms with Gasteiger partial charge in [-0.1, -0.05) is 36.3 Å². The Bertz CT molecular complexity index is 989. The third kappa shape index (κ3) is 3.43. The number of carbonyl (C=O) groups is 3. The molecule has 2 aliphatic rings. The number of likely N-dealkylation sites (tertiary alicyclic amines) is 1. The molecule has 29 heavy (non-hydrogen) atoms. The van der Waals surface area contributed by atoms with E-state index in [2.05, 4.69) is 21.2 Å². The minimum absolute atomic E-state index is 0.0624. The fourth-order valence-corrected chi connectivity index (χ4v) is 3.67. The van der Waals surface area contributed by atoms with Crippen molar-refractivity contribution in [2.75, 3.05) is 13.1 Å². The normalized spacial score (nSPS) is 17.9. The van der Waals surface area contributed by atoms with Gasteiger partial charge in [-0.2, -0.15) is 0 Å². The smallest absolute Gasteiger partial charge is 0.325 e. The van der Waals surface area contributed by atoms with Crippen LogP contribution in [-0.4, -0.2) is 56.2 Å². The Morgan fingerprint density at radius 1 is 1.14 bits per heavy atom. The minimum Gasteiger partial charge on any atom is -0.336 e. The Balaban J connectivity index is 1.43. The Morgan fingerprint density at radius 2 is 1.79 bits per heavy atom. The third-order valence-electron chi connectivity index (χ3n) is 5.34. The largest absolute Gasteiger partial charge is 0.336 e. The number of hydrogen-bond acceptors (Lipinski definition) is 5. The van der Waals surface area contributed by atoms with E-state index < -0.39 is 11.6 Å². The maximum Gasteiger partial charge on any atom is 0.325 e. The number of rotatable bonds is 3. The number of benzene rings is 1. The number of urea groups is 1. The molecule has 0 unspecified atom stereocenters. The molecule has 0 bridgehead atoms. The van der Waals surface area contributed by atoms with Crippen molar-refractivity contribution in [1.82, 2.24) is 25.1 Å². The van der Waals surface area contributed by atoms with Crippen LogP contribution >= 0.6 is 0 Å². The van der Waals surface area contributed by atoms with Gasteiger partial charge in [0.1, 0.15) is 5.54 Å². The topological polar surface area (TPSA) is 95.5 Å². The van der Waals surface area contributed by atoms with Gasteiger partial charge in [0.25, 0.3) is 11.8 Å². The highest BCUT2D eigenvalue weighted by molar-refractivity contribution is 6.07. The Hall–Kier alpha value is -3.73. The van der Waals surface area contributed by atoms with E-state index in [4.69, 9.17) is 6.42 Å². The lowest BCUT2D eigenvalue weighted by atomic mass is 9.87. The summed E-state index contributed by atoms with van der Waals surface area (Å²) >= 11 is 0. The van der Waals surface area contributed by atoms with Crippen molar-refractivity contribution in [3.05, 3.63) is 59.7 Å².